The smallest absolute Gasteiger partial charge is 0.315 e. The van der Waals surface area contributed by atoms with Crippen LogP contribution in [-0.4, -0.2) is 41.8 Å². The molecule has 0 saturated carbocycles. The summed E-state index contributed by atoms with van der Waals surface area (Å²) in [5, 5.41) is 15.3. The van der Waals surface area contributed by atoms with Crippen LogP contribution in [0.4, 0.5) is 4.79 Å². The van der Waals surface area contributed by atoms with Gasteiger partial charge in [-0.1, -0.05) is 20.8 Å². The number of aliphatic hydroxyl groups excluding tert-OH is 1. The molecular formula is C12H26N2O2S. The zero-order valence-corrected chi connectivity index (χ0v) is 12.1. The van der Waals surface area contributed by atoms with Crippen LogP contribution in [0.15, 0.2) is 0 Å². The molecule has 0 radical (unpaired) electrons. The SMILES string of the molecule is CCC(CSC)NC(=O)NCCC(O)C(C)C. The Morgan fingerprint density at radius 2 is 2.06 bits per heavy atom. The molecule has 2 unspecified atom stereocenters. The number of carbonyl (C=O) groups excluding carboxylic acids is 1. The van der Waals surface area contributed by atoms with Gasteiger partial charge in [0.05, 0.1) is 6.10 Å². The van der Waals surface area contributed by atoms with E-state index in [-0.39, 0.29) is 24.1 Å². The molecule has 0 saturated heterocycles. The van der Waals surface area contributed by atoms with Crippen molar-refractivity contribution in [2.24, 2.45) is 5.92 Å². The van der Waals surface area contributed by atoms with E-state index in [4.69, 9.17) is 0 Å². The topological polar surface area (TPSA) is 61.4 Å². The lowest BCUT2D eigenvalue weighted by Gasteiger charge is -2.18. The van der Waals surface area contributed by atoms with Crippen LogP contribution in [0.2, 0.25) is 0 Å². The van der Waals surface area contributed by atoms with Crippen LogP contribution in [0.1, 0.15) is 33.6 Å². The number of urea groups is 1. The first-order valence-corrected chi connectivity index (χ1v) is 7.62. The predicted molar refractivity (Wildman–Crippen MR) is 74.5 cm³/mol. The van der Waals surface area contributed by atoms with E-state index < -0.39 is 0 Å². The molecule has 17 heavy (non-hydrogen) atoms. The lowest BCUT2D eigenvalue weighted by molar-refractivity contribution is 0.116. The predicted octanol–water partition coefficient (Wildman–Crippen LogP) is 1.83. The molecule has 0 bridgehead atoms. The average Bonchev–Trinajstić information content (AvgIpc) is 2.28. The summed E-state index contributed by atoms with van der Waals surface area (Å²) in [5.41, 5.74) is 0. The molecule has 0 aliphatic carbocycles. The van der Waals surface area contributed by atoms with E-state index in [1.54, 1.807) is 11.8 Å². The Balaban J connectivity index is 3.71. The molecule has 0 aliphatic heterocycles. The summed E-state index contributed by atoms with van der Waals surface area (Å²) in [6, 6.07) is 0.0851. The van der Waals surface area contributed by atoms with E-state index in [2.05, 4.69) is 17.6 Å². The number of aliphatic hydroxyl groups is 1. The minimum absolute atomic E-state index is 0.137. The largest absolute Gasteiger partial charge is 0.393 e. The van der Waals surface area contributed by atoms with Crippen molar-refractivity contribution in [3.8, 4) is 0 Å². The highest BCUT2D eigenvalue weighted by Crippen LogP contribution is 2.04. The number of hydrogen-bond acceptors (Lipinski definition) is 3. The fourth-order valence-electron chi connectivity index (χ4n) is 1.37. The zero-order chi connectivity index (χ0) is 13.3. The van der Waals surface area contributed by atoms with E-state index >= 15 is 0 Å². The van der Waals surface area contributed by atoms with Gasteiger partial charge in [-0.15, -0.1) is 0 Å². The Morgan fingerprint density at radius 1 is 1.41 bits per heavy atom. The molecule has 0 heterocycles. The normalized spacial score (nSPS) is 14.5. The van der Waals surface area contributed by atoms with Crippen molar-refractivity contribution in [3.05, 3.63) is 0 Å². The molecule has 2 amide bonds. The number of thioether (sulfide) groups is 1. The molecule has 0 spiro atoms. The molecule has 0 aromatic heterocycles. The second-order valence-corrected chi connectivity index (χ2v) is 5.47. The lowest BCUT2D eigenvalue weighted by Crippen LogP contribution is -2.43. The Hall–Kier alpha value is -0.420. The molecule has 0 aromatic rings. The third-order valence-electron chi connectivity index (χ3n) is 2.69. The van der Waals surface area contributed by atoms with Crippen LogP contribution in [0, 0.1) is 5.92 Å². The molecule has 2 atom stereocenters. The zero-order valence-electron chi connectivity index (χ0n) is 11.3. The van der Waals surface area contributed by atoms with Gasteiger partial charge >= 0.3 is 6.03 Å². The second kappa shape index (κ2) is 9.59. The summed E-state index contributed by atoms with van der Waals surface area (Å²) in [7, 11) is 0. The molecule has 3 N–H and O–H groups in total. The minimum atomic E-state index is -0.344. The molecule has 4 nitrogen and oxygen atoms in total. The summed E-state index contributed by atoms with van der Waals surface area (Å²) < 4.78 is 0. The summed E-state index contributed by atoms with van der Waals surface area (Å²) >= 11 is 1.73. The Morgan fingerprint density at radius 3 is 2.53 bits per heavy atom. The third-order valence-corrected chi connectivity index (χ3v) is 3.43. The quantitative estimate of drug-likeness (QED) is 0.625. The molecule has 5 heteroatoms. The first-order chi connectivity index (χ1) is 8.01. The van der Waals surface area contributed by atoms with Gasteiger partial charge in [-0.05, 0) is 25.0 Å². The van der Waals surface area contributed by atoms with E-state index in [9.17, 15) is 9.90 Å². The molecule has 0 fully saturated rings. The number of nitrogens with one attached hydrogen (secondary N) is 2. The minimum Gasteiger partial charge on any atom is -0.393 e. The summed E-state index contributed by atoms with van der Waals surface area (Å²) in [5.74, 6) is 1.16. The van der Waals surface area contributed by atoms with E-state index in [1.807, 2.05) is 20.1 Å². The van der Waals surface area contributed by atoms with E-state index in [0.29, 0.717) is 13.0 Å². The maximum Gasteiger partial charge on any atom is 0.315 e. The van der Waals surface area contributed by atoms with Crippen LogP contribution in [0.5, 0.6) is 0 Å². The number of hydrogen-bond donors (Lipinski definition) is 3. The number of rotatable bonds is 8. The standard InChI is InChI=1S/C12H26N2O2S/c1-5-10(8-17-4)14-12(16)13-7-6-11(15)9(2)3/h9-11,15H,5-8H2,1-4H3,(H2,13,14,16). The second-order valence-electron chi connectivity index (χ2n) is 4.56. The highest BCUT2D eigenvalue weighted by Gasteiger charge is 2.11. The van der Waals surface area contributed by atoms with Gasteiger partial charge in [-0.25, -0.2) is 4.79 Å². The van der Waals surface area contributed by atoms with Crippen molar-refractivity contribution >= 4 is 17.8 Å². The van der Waals surface area contributed by atoms with Gasteiger partial charge in [-0.3, -0.25) is 0 Å². The highest BCUT2D eigenvalue weighted by molar-refractivity contribution is 7.98. The average molecular weight is 262 g/mol. The Kier molecular flexibility index (Phi) is 9.36. The molecule has 0 aliphatic rings. The van der Waals surface area contributed by atoms with Crippen molar-refractivity contribution in [2.45, 2.75) is 45.8 Å². The molecule has 0 aromatic carbocycles. The van der Waals surface area contributed by atoms with Gasteiger partial charge in [0.1, 0.15) is 0 Å². The fourth-order valence-corrected chi connectivity index (χ4v) is 2.09. The first kappa shape index (κ1) is 16.6. The van der Waals surface area contributed by atoms with Crippen LogP contribution >= 0.6 is 11.8 Å². The molecule has 102 valence electrons. The maximum absolute atomic E-state index is 11.5. The van der Waals surface area contributed by atoms with Crippen molar-refractivity contribution in [3.63, 3.8) is 0 Å². The third kappa shape index (κ3) is 8.32. The van der Waals surface area contributed by atoms with Crippen LogP contribution in [0.3, 0.4) is 0 Å². The van der Waals surface area contributed by atoms with Gasteiger partial charge in [0.15, 0.2) is 0 Å². The van der Waals surface area contributed by atoms with Crippen molar-refractivity contribution < 1.29 is 9.90 Å². The van der Waals surface area contributed by atoms with Crippen LogP contribution in [0.25, 0.3) is 0 Å². The monoisotopic (exact) mass is 262 g/mol. The van der Waals surface area contributed by atoms with Crippen LogP contribution < -0.4 is 10.6 Å². The van der Waals surface area contributed by atoms with E-state index in [1.165, 1.54) is 0 Å². The summed E-state index contributed by atoms with van der Waals surface area (Å²) in [6.45, 7) is 6.51. The lowest BCUT2D eigenvalue weighted by atomic mass is 10.0. The summed E-state index contributed by atoms with van der Waals surface area (Å²) in [6.07, 6.45) is 3.22. The van der Waals surface area contributed by atoms with Gasteiger partial charge in [0.2, 0.25) is 0 Å². The molecular weight excluding hydrogens is 236 g/mol. The molecule has 0 rings (SSSR count). The van der Waals surface area contributed by atoms with Crippen LogP contribution in [-0.2, 0) is 0 Å². The van der Waals surface area contributed by atoms with Gasteiger partial charge < -0.3 is 15.7 Å². The highest BCUT2D eigenvalue weighted by atomic mass is 32.2. The van der Waals surface area contributed by atoms with Gasteiger partial charge in [-0.2, -0.15) is 11.8 Å². The summed E-state index contributed by atoms with van der Waals surface area (Å²) in [4.78, 5) is 11.5. The number of carbonyl (C=O) groups is 1. The number of amides is 2. The van der Waals surface area contributed by atoms with Gasteiger partial charge in [0, 0.05) is 18.3 Å². The van der Waals surface area contributed by atoms with Crippen molar-refractivity contribution in [1.29, 1.82) is 0 Å². The maximum atomic E-state index is 11.5. The van der Waals surface area contributed by atoms with Gasteiger partial charge in [0.25, 0.3) is 0 Å². The Bertz CT molecular complexity index is 213. The van der Waals surface area contributed by atoms with Crippen molar-refractivity contribution in [2.75, 3.05) is 18.6 Å². The first-order valence-electron chi connectivity index (χ1n) is 6.22. The van der Waals surface area contributed by atoms with E-state index in [0.717, 1.165) is 12.2 Å². The Labute approximate surface area is 109 Å². The fraction of sp³-hybridized carbons (Fsp3) is 0.917. The van der Waals surface area contributed by atoms with Crippen molar-refractivity contribution in [1.82, 2.24) is 10.6 Å².